The summed E-state index contributed by atoms with van der Waals surface area (Å²) in [7, 11) is 2.61. The van der Waals surface area contributed by atoms with Crippen LogP contribution in [0.1, 0.15) is 15.2 Å². The Morgan fingerprint density at radius 1 is 1.31 bits per heavy atom. The lowest BCUT2D eigenvalue weighted by molar-refractivity contribution is 0.180. The molecule has 0 saturated heterocycles. The predicted octanol–water partition coefficient (Wildman–Crippen LogP) is 2.75. The molecule has 0 bridgehead atoms. The number of pyridine rings is 1. The summed E-state index contributed by atoms with van der Waals surface area (Å²) in [6, 6.07) is 2.26. The Kier molecular flexibility index (Phi) is 4.40. The molecule has 32 heavy (non-hydrogen) atoms. The van der Waals surface area contributed by atoms with E-state index in [4.69, 9.17) is 15.6 Å². The fourth-order valence-corrected chi connectivity index (χ4v) is 3.25. The number of halogens is 1. The minimum Gasteiger partial charge on any atom is -0.452 e. The summed E-state index contributed by atoms with van der Waals surface area (Å²) in [5, 5.41) is 4.99. The van der Waals surface area contributed by atoms with Crippen LogP contribution in [0.15, 0.2) is 36.5 Å². The van der Waals surface area contributed by atoms with Gasteiger partial charge in [0, 0.05) is 18.8 Å². The summed E-state index contributed by atoms with van der Waals surface area (Å²) < 4.78 is 44.8. The van der Waals surface area contributed by atoms with Gasteiger partial charge in [0.25, 0.3) is 0 Å². The molecule has 0 aliphatic carbocycles. The average molecular weight is 439 g/mol. The number of methoxy groups -OCH3 is 1. The zero-order valence-electron chi connectivity index (χ0n) is 20.5. The monoisotopic (exact) mass is 439 g/mol. The van der Waals surface area contributed by atoms with E-state index in [-0.39, 0.29) is 58.6 Å². The number of hydrogen-bond donors (Lipinski definition) is 2. The minimum atomic E-state index is -0.966. The van der Waals surface area contributed by atoms with E-state index in [1.807, 2.05) is 0 Å². The maximum atomic E-state index is 14.9. The molecule has 0 atom stereocenters. The smallest absolute Gasteiger partial charge is 0.413 e. The number of carbonyl (C=O) groups is 1. The predicted molar refractivity (Wildman–Crippen MR) is 118 cm³/mol. The molecule has 0 aliphatic heterocycles. The lowest BCUT2D eigenvalue weighted by atomic mass is 10.1. The maximum Gasteiger partial charge on any atom is 0.413 e. The largest absolute Gasteiger partial charge is 0.452 e. The van der Waals surface area contributed by atoms with Crippen molar-refractivity contribution in [1.29, 1.82) is 0 Å². The van der Waals surface area contributed by atoms with Crippen molar-refractivity contribution < 1.29 is 18.0 Å². The normalized spacial score (nSPS) is 12.3. The highest BCUT2D eigenvalue weighted by molar-refractivity contribution is 5.96. The van der Waals surface area contributed by atoms with Gasteiger partial charge in [-0.15, -0.1) is 0 Å². The van der Waals surface area contributed by atoms with E-state index in [1.165, 1.54) is 32.0 Å². The SMILES string of the molecule is [2H]c1c([2H])c(F)c(Cn2nc(-c3nc(N)c(N(C)C(=O)OC)c(N)n3)c3cccnc32)c([2H])c1C. The van der Waals surface area contributed by atoms with Gasteiger partial charge in [0.1, 0.15) is 17.2 Å². The summed E-state index contributed by atoms with van der Waals surface area (Å²) in [6.45, 7) is 1.27. The summed E-state index contributed by atoms with van der Waals surface area (Å²) in [5.41, 5.74) is 12.9. The molecule has 0 aliphatic rings. The van der Waals surface area contributed by atoms with Crippen molar-refractivity contribution in [2.45, 2.75) is 13.5 Å². The van der Waals surface area contributed by atoms with E-state index in [0.29, 0.717) is 11.0 Å². The molecule has 3 heterocycles. The van der Waals surface area contributed by atoms with Crippen LogP contribution in [-0.4, -0.2) is 45.0 Å². The molecule has 0 fully saturated rings. The lowest BCUT2D eigenvalue weighted by Gasteiger charge is -2.18. The Morgan fingerprint density at radius 3 is 2.72 bits per heavy atom. The molecular formula is C21H21FN8O2. The standard InChI is InChI=1S/C21H21FN8O2/c1-11-6-7-14(22)12(9-11)10-30-20-13(5-4-8-25-20)15(28-30)19-26-17(23)16(18(24)27-19)29(2)21(31)32-3/h4-9H,10H2,1-3H3,(H4,23,24,26,27)/i6D,7D,9D. The number of hydrogen-bond acceptors (Lipinski definition) is 8. The topological polar surface area (TPSA) is 138 Å². The van der Waals surface area contributed by atoms with Crippen LogP contribution in [0.4, 0.5) is 26.5 Å². The minimum absolute atomic E-state index is 0.0456. The molecular weight excluding hydrogens is 415 g/mol. The van der Waals surface area contributed by atoms with Crippen molar-refractivity contribution in [2.75, 3.05) is 30.5 Å². The number of amides is 1. The summed E-state index contributed by atoms with van der Waals surface area (Å²) >= 11 is 0. The highest BCUT2D eigenvalue weighted by atomic mass is 19.1. The van der Waals surface area contributed by atoms with E-state index in [0.717, 1.165) is 4.90 Å². The Labute approximate surface area is 186 Å². The van der Waals surface area contributed by atoms with Gasteiger partial charge < -0.3 is 16.2 Å². The van der Waals surface area contributed by atoms with E-state index >= 15 is 0 Å². The highest BCUT2D eigenvalue weighted by Gasteiger charge is 2.23. The fourth-order valence-electron chi connectivity index (χ4n) is 3.25. The van der Waals surface area contributed by atoms with E-state index < -0.39 is 18.0 Å². The van der Waals surface area contributed by atoms with Crippen LogP contribution in [0, 0.1) is 12.7 Å². The third-order valence-corrected chi connectivity index (χ3v) is 4.71. The highest BCUT2D eigenvalue weighted by Crippen LogP contribution is 2.32. The van der Waals surface area contributed by atoms with Crippen LogP contribution in [0.25, 0.3) is 22.6 Å². The first kappa shape index (κ1) is 17.4. The van der Waals surface area contributed by atoms with E-state index in [9.17, 15) is 9.18 Å². The number of nitrogens with two attached hydrogens (primary N) is 2. The van der Waals surface area contributed by atoms with Crippen LogP contribution in [-0.2, 0) is 11.3 Å². The number of carbonyl (C=O) groups excluding carboxylic acids is 1. The first-order valence-electron chi connectivity index (χ1n) is 10.9. The van der Waals surface area contributed by atoms with Crippen molar-refractivity contribution in [3.63, 3.8) is 0 Å². The quantitative estimate of drug-likeness (QED) is 0.495. The zero-order chi connectivity index (χ0) is 25.6. The number of rotatable bonds is 4. The van der Waals surface area contributed by atoms with Crippen LogP contribution in [0.2, 0.25) is 0 Å². The van der Waals surface area contributed by atoms with Gasteiger partial charge in [-0.25, -0.2) is 28.8 Å². The van der Waals surface area contributed by atoms with Crippen LogP contribution >= 0.6 is 0 Å². The van der Waals surface area contributed by atoms with Gasteiger partial charge in [0.2, 0.25) is 0 Å². The molecule has 10 nitrogen and oxygen atoms in total. The third-order valence-electron chi connectivity index (χ3n) is 4.71. The molecule has 164 valence electrons. The number of nitrogen functional groups attached to an aromatic ring is 2. The van der Waals surface area contributed by atoms with Crippen LogP contribution in [0.5, 0.6) is 0 Å². The van der Waals surface area contributed by atoms with E-state index in [2.05, 4.69) is 24.8 Å². The van der Waals surface area contributed by atoms with Gasteiger partial charge in [0.15, 0.2) is 23.1 Å². The zero-order valence-corrected chi connectivity index (χ0v) is 17.5. The number of anilines is 3. The third kappa shape index (κ3) is 3.64. The second-order valence-electron chi connectivity index (χ2n) is 6.87. The number of nitrogens with zero attached hydrogens (tertiary/aromatic N) is 6. The van der Waals surface area contributed by atoms with Crippen molar-refractivity contribution in [1.82, 2.24) is 24.7 Å². The molecule has 0 saturated carbocycles. The van der Waals surface area contributed by atoms with Crippen molar-refractivity contribution >= 4 is 34.4 Å². The number of aromatic nitrogens is 5. The fraction of sp³-hybridized carbons (Fsp3) is 0.190. The Bertz CT molecular complexity index is 1440. The van der Waals surface area contributed by atoms with Gasteiger partial charge in [-0.1, -0.05) is 17.6 Å². The van der Waals surface area contributed by atoms with Gasteiger partial charge >= 0.3 is 6.09 Å². The van der Waals surface area contributed by atoms with Crippen molar-refractivity contribution in [2.24, 2.45) is 0 Å². The van der Waals surface area contributed by atoms with Gasteiger partial charge in [0.05, 0.1) is 23.2 Å². The second kappa shape index (κ2) is 8.10. The number of benzene rings is 1. The summed E-state index contributed by atoms with van der Waals surface area (Å²) in [5.74, 6) is -1.10. The van der Waals surface area contributed by atoms with E-state index in [1.54, 1.807) is 12.1 Å². The molecule has 4 rings (SSSR count). The summed E-state index contributed by atoms with van der Waals surface area (Å²) in [4.78, 5) is 25.8. The molecule has 0 radical (unpaired) electrons. The number of ether oxygens (including phenoxy) is 1. The summed E-state index contributed by atoms with van der Waals surface area (Å²) in [6.07, 6.45) is 0.809. The average Bonchev–Trinajstić information content (AvgIpc) is 3.21. The number of fused-ring (bicyclic) bond motifs is 1. The van der Waals surface area contributed by atoms with Gasteiger partial charge in [-0.3, -0.25) is 4.90 Å². The molecule has 11 heteroatoms. The second-order valence-corrected chi connectivity index (χ2v) is 6.87. The lowest BCUT2D eigenvalue weighted by Crippen LogP contribution is -2.28. The molecule has 0 unspecified atom stereocenters. The van der Waals surface area contributed by atoms with Gasteiger partial charge in [-0.05, 0) is 25.1 Å². The van der Waals surface area contributed by atoms with Crippen molar-refractivity contribution in [3.05, 3.63) is 53.4 Å². The first-order valence-corrected chi connectivity index (χ1v) is 9.38. The van der Waals surface area contributed by atoms with Crippen molar-refractivity contribution in [3.8, 4) is 11.5 Å². The molecule has 4 aromatic rings. The Hall–Kier alpha value is -4.28. The molecule has 0 spiro atoms. The maximum absolute atomic E-state index is 14.9. The molecule has 1 aromatic carbocycles. The Morgan fingerprint density at radius 2 is 2.03 bits per heavy atom. The van der Waals surface area contributed by atoms with Gasteiger partial charge in [-0.2, -0.15) is 5.10 Å². The van der Waals surface area contributed by atoms with Crippen LogP contribution < -0.4 is 16.4 Å². The first-order chi connectivity index (χ1) is 16.6. The Balaban J connectivity index is 1.86. The molecule has 4 N–H and O–H groups in total. The molecule has 1 amide bonds. The molecule has 3 aromatic heterocycles. The van der Waals surface area contributed by atoms with Crippen LogP contribution in [0.3, 0.4) is 0 Å².